The lowest BCUT2D eigenvalue weighted by molar-refractivity contribution is -0.139. The monoisotopic (exact) mass is 195 g/mol. The first-order valence-electron chi connectivity index (χ1n) is 4.39. The molecular weight excluding hydrogens is 179 g/mol. The highest BCUT2D eigenvalue weighted by molar-refractivity contribution is 6.41. The number of hydrogen-bond acceptors (Lipinski definition) is 3. The summed E-state index contributed by atoms with van der Waals surface area (Å²) < 4.78 is 10.2. The van der Waals surface area contributed by atoms with E-state index in [4.69, 9.17) is 9.47 Å². The molecule has 0 saturated heterocycles. The molecule has 0 saturated carbocycles. The Morgan fingerprint density at radius 3 is 2.50 bits per heavy atom. The molecule has 0 rings (SSSR count). The molecule has 0 spiro atoms. The van der Waals surface area contributed by atoms with Gasteiger partial charge in [0.2, 0.25) is 7.28 Å². The van der Waals surface area contributed by atoms with Crippen LogP contribution in [0.25, 0.3) is 0 Å². The lowest BCUT2D eigenvalue weighted by atomic mass is 9.58. The van der Waals surface area contributed by atoms with Gasteiger partial charge in [0, 0.05) is 6.08 Å². The zero-order valence-corrected chi connectivity index (χ0v) is 8.95. The first-order chi connectivity index (χ1) is 6.41. The minimum atomic E-state index is -0.497. The molecule has 0 aliphatic heterocycles. The molecule has 1 unspecified atom stereocenters. The zero-order valence-electron chi connectivity index (χ0n) is 8.95. The number of carbonyl (C=O) groups excluding carboxylic acids is 1. The first-order valence-corrected chi connectivity index (χ1v) is 4.39. The van der Waals surface area contributed by atoms with Crippen LogP contribution < -0.4 is 0 Å². The molecular formula is C10H16BO3. The molecule has 0 aromatic carbocycles. The molecule has 14 heavy (non-hydrogen) atoms. The van der Waals surface area contributed by atoms with Crippen LogP contribution in [0, 0.1) is 0 Å². The van der Waals surface area contributed by atoms with Gasteiger partial charge < -0.3 is 9.47 Å². The van der Waals surface area contributed by atoms with Crippen molar-refractivity contribution in [2.24, 2.45) is 0 Å². The van der Waals surface area contributed by atoms with E-state index in [1.165, 1.54) is 6.26 Å². The summed E-state index contributed by atoms with van der Waals surface area (Å²) in [5, 5.41) is 0. The summed E-state index contributed by atoms with van der Waals surface area (Å²) in [5.74, 6) is -0.442. The van der Waals surface area contributed by atoms with Crippen LogP contribution in [-0.2, 0) is 14.3 Å². The molecule has 0 N–H and O–H groups in total. The zero-order chi connectivity index (χ0) is 11.2. The van der Waals surface area contributed by atoms with E-state index < -0.39 is 11.5 Å². The Morgan fingerprint density at radius 1 is 1.50 bits per heavy atom. The van der Waals surface area contributed by atoms with E-state index in [1.807, 2.05) is 13.8 Å². The summed E-state index contributed by atoms with van der Waals surface area (Å²) in [7, 11) is 1.77. The van der Waals surface area contributed by atoms with Gasteiger partial charge in [-0.25, -0.2) is 4.79 Å². The van der Waals surface area contributed by atoms with Crippen molar-refractivity contribution in [2.45, 2.75) is 32.3 Å². The molecule has 3 nitrogen and oxygen atoms in total. The van der Waals surface area contributed by atoms with Gasteiger partial charge in [-0.15, -0.1) is 0 Å². The molecule has 1 radical (unpaired) electrons. The van der Waals surface area contributed by atoms with Crippen molar-refractivity contribution in [1.29, 1.82) is 0 Å². The highest BCUT2D eigenvalue weighted by Gasteiger charge is 2.25. The Balaban J connectivity index is 4.03. The predicted molar refractivity (Wildman–Crippen MR) is 56.9 cm³/mol. The number of rotatable bonds is 6. The van der Waals surface area contributed by atoms with Crippen molar-refractivity contribution < 1.29 is 14.3 Å². The highest BCUT2D eigenvalue weighted by Crippen LogP contribution is 2.10. The van der Waals surface area contributed by atoms with E-state index in [2.05, 4.69) is 13.2 Å². The summed E-state index contributed by atoms with van der Waals surface area (Å²) in [6, 6.07) is -0.324. The van der Waals surface area contributed by atoms with Crippen LogP contribution in [0.5, 0.6) is 0 Å². The fraction of sp³-hybridized carbons (Fsp3) is 0.500. The van der Waals surface area contributed by atoms with Crippen LogP contribution in [0.1, 0.15) is 20.8 Å². The Hall–Kier alpha value is -1.19. The van der Waals surface area contributed by atoms with Crippen molar-refractivity contribution in [1.82, 2.24) is 0 Å². The summed E-state index contributed by atoms with van der Waals surface area (Å²) >= 11 is 0. The lowest BCUT2D eigenvalue weighted by Crippen LogP contribution is -2.39. The van der Waals surface area contributed by atoms with Gasteiger partial charge in [0.15, 0.2) is 0 Å². The highest BCUT2D eigenvalue weighted by atomic mass is 16.5. The maximum Gasteiger partial charge on any atom is 0.329 e. The topological polar surface area (TPSA) is 35.5 Å². The van der Waals surface area contributed by atoms with Gasteiger partial charge in [-0.1, -0.05) is 13.2 Å². The fourth-order valence-electron chi connectivity index (χ4n) is 1.08. The van der Waals surface area contributed by atoms with Crippen LogP contribution >= 0.6 is 0 Å². The van der Waals surface area contributed by atoms with Gasteiger partial charge in [0.1, 0.15) is 0 Å². The Labute approximate surface area is 86.0 Å². The third kappa shape index (κ3) is 5.46. The molecule has 0 aliphatic carbocycles. The lowest BCUT2D eigenvalue weighted by Gasteiger charge is -2.25. The third-order valence-electron chi connectivity index (χ3n) is 1.49. The minimum absolute atomic E-state index is 0.324. The van der Waals surface area contributed by atoms with Crippen molar-refractivity contribution in [3.8, 4) is 0 Å². The third-order valence-corrected chi connectivity index (χ3v) is 1.49. The van der Waals surface area contributed by atoms with Gasteiger partial charge in [-0.05, 0) is 20.8 Å². The molecule has 1 atom stereocenters. The molecule has 0 aromatic heterocycles. The maximum absolute atomic E-state index is 10.8. The van der Waals surface area contributed by atoms with Crippen LogP contribution in [0.15, 0.2) is 25.5 Å². The standard InChI is InChI=1S/C10H16BO3/c1-6-9(12)14-8(3)11-10(4,5)13-7-2/h6-8H,1-2H2,3-5H3. The summed E-state index contributed by atoms with van der Waals surface area (Å²) in [6.07, 6.45) is 2.49. The van der Waals surface area contributed by atoms with Crippen molar-refractivity contribution in [2.75, 3.05) is 0 Å². The molecule has 0 aromatic rings. The summed E-state index contributed by atoms with van der Waals surface area (Å²) in [6.45, 7) is 12.2. The first kappa shape index (κ1) is 12.8. The van der Waals surface area contributed by atoms with E-state index in [1.54, 1.807) is 14.2 Å². The van der Waals surface area contributed by atoms with Crippen LogP contribution in [0.3, 0.4) is 0 Å². The van der Waals surface area contributed by atoms with Gasteiger partial charge in [-0.2, -0.15) is 0 Å². The second kappa shape index (κ2) is 5.53. The number of esters is 1. The summed E-state index contributed by atoms with van der Waals surface area (Å²) in [5.41, 5.74) is -0.497. The van der Waals surface area contributed by atoms with Crippen LogP contribution in [0.2, 0.25) is 0 Å². The Bertz CT molecular complexity index is 223. The molecule has 0 fully saturated rings. The molecule has 0 heterocycles. The van der Waals surface area contributed by atoms with Gasteiger partial charge in [-0.3, -0.25) is 0 Å². The fourth-order valence-corrected chi connectivity index (χ4v) is 1.08. The number of carbonyl (C=O) groups is 1. The summed E-state index contributed by atoms with van der Waals surface area (Å²) in [4.78, 5) is 10.8. The number of hydrogen-bond donors (Lipinski definition) is 0. The molecule has 0 aliphatic rings. The number of ether oxygens (including phenoxy) is 2. The van der Waals surface area contributed by atoms with Crippen molar-refractivity contribution in [3.63, 3.8) is 0 Å². The maximum atomic E-state index is 10.8. The normalized spacial score (nSPS) is 12.5. The van der Waals surface area contributed by atoms with E-state index in [-0.39, 0.29) is 6.00 Å². The predicted octanol–water partition coefficient (Wildman–Crippen LogP) is 1.66. The van der Waals surface area contributed by atoms with Crippen molar-refractivity contribution >= 4 is 13.2 Å². The molecule has 0 bridgehead atoms. The van der Waals surface area contributed by atoms with Crippen LogP contribution in [-0.4, -0.2) is 24.8 Å². The van der Waals surface area contributed by atoms with Gasteiger partial charge >= 0.3 is 5.97 Å². The average molecular weight is 195 g/mol. The van der Waals surface area contributed by atoms with E-state index in [9.17, 15) is 4.79 Å². The van der Waals surface area contributed by atoms with Crippen LogP contribution in [0.4, 0.5) is 0 Å². The Kier molecular flexibility index (Phi) is 5.06. The van der Waals surface area contributed by atoms with E-state index in [0.717, 1.165) is 6.08 Å². The van der Waals surface area contributed by atoms with Gasteiger partial charge in [0.25, 0.3) is 0 Å². The quantitative estimate of drug-likeness (QED) is 0.280. The molecule has 4 heteroatoms. The smallest absolute Gasteiger partial charge is 0.329 e. The average Bonchev–Trinajstić information content (AvgIpc) is 2.02. The van der Waals surface area contributed by atoms with Gasteiger partial charge in [0.05, 0.1) is 17.8 Å². The molecule has 77 valence electrons. The SMILES string of the molecule is C=COC(C)(C)[B]C(C)OC(=O)C=C. The second-order valence-corrected chi connectivity index (χ2v) is 3.40. The molecule has 0 amide bonds. The second-order valence-electron chi connectivity index (χ2n) is 3.40. The van der Waals surface area contributed by atoms with E-state index >= 15 is 0 Å². The van der Waals surface area contributed by atoms with E-state index in [0.29, 0.717) is 0 Å². The minimum Gasteiger partial charge on any atom is -0.505 e. The Morgan fingerprint density at radius 2 is 2.07 bits per heavy atom. The largest absolute Gasteiger partial charge is 0.505 e. The van der Waals surface area contributed by atoms with Crippen molar-refractivity contribution in [3.05, 3.63) is 25.5 Å².